The number of aliphatic hydroxyl groups is 1. The number of rotatable bonds is 5. The molecule has 1 amide bonds. The Morgan fingerprint density at radius 3 is 2.23 bits per heavy atom. The summed E-state index contributed by atoms with van der Waals surface area (Å²) in [6.45, 7) is 4.46. The summed E-state index contributed by atoms with van der Waals surface area (Å²) in [5, 5.41) is 24.7. The molecule has 0 aliphatic heterocycles. The van der Waals surface area contributed by atoms with Crippen molar-refractivity contribution < 1.29 is 19.8 Å². The van der Waals surface area contributed by atoms with Crippen molar-refractivity contribution in [3.05, 3.63) is 95.1 Å². The molecule has 204 valence electrons. The molecule has 2 fully saturated rings. The van der Waals surface area contributed by atoms with E-state index in [1.807, 2.05) is 42.5 Å². The van der Waals surface area contributed by atoms with Gasteiger partial charge in [-0.3, -0.25) is 4.79 Å². The van der Waals surface area contributed by atoms with Crippen LogP contribution < -0.4 is 5.32 Å². The summed E-state index contributed by atoms with van der Waals surface area (Å²) in [7, 11) is 0. The highest BCUT2D eigenvalue weighted by atomic mass is 16.4. The molecule has 6 rings (SSSR count). The maximum absolute atomic E-state index is 14.1. The number of allylic oxidation sites excluding steroid dienone is 3. The van der Waals surface area contributed by atoms with Gasteiger partial charge in [-0.2, -0.15) is 0 Å². The van der Waals surface area contributed by atoms with Gasteiger partial charge < -0.3 is 15.5 Å². The molecule has 0 radical (unpaired) electrons. The van der Waals surface area contributed by atoms with Gasteiger partial charge in [-0.25, -0.2) is 4.79 Å². The fourth-order valence-corrected chi connectivity index (χ4v) is 8.95. The first kappa shape index (κ1) is 26.1. The van der Waals surface area contributed by atoms with Crippen LogP contribution in [0.2, 0.25) is 0 Å². The van der Waals surface area contributed by atoms with Gasteiger partial charge in [0.2, 0.25) is 5.91 Å². The van der Waals surface area contributed by atoms with Crippen molar-refractivity contribution >= 4 is 11.9 Å². The number of fused-ring (bicyclic) bond motifs is 5. The van der Waals surface area contributed by atoms with Gasteiger partial charge in [-0.15, -0.1) is 0 Å². The number of hydrogen-bond donors (Lipinski definition) is 3. The van der Waals surface area contributed by atoms with E-state index in [1.54, 1.807) is 0 Å². The quantitative estimate of drug-likeness (QED) is 0.443. The van der Waals surface area contributed by atoms with Crippen LogP contribution in [0.5, 0.6) is 0 Å². The first-order chi connectivity index (χ1) is 18.7. The third-order valence-electron chi connectivity index (χ3n) is 10.8. The fourth-order valence-electron chi connectivity index (χ4n) is 8.95. The predicted octanol–water partition coefficient (Wildman–Crippen LogP) is 6.06. The number of aliphatic hydroxyl groups excluding tert-OH is 1. The average Bonchev–Trinajstić information content (AvgIpc) is 3.28. The van der Waals surface area contributed by atoms with E-state index in [0.29, 0.717) is 30.3 Å². The van der Waals surface area contributed by atoms with Crippen molar-refractivity contribution in [2.24, 2.45) is 34.5 Å². The highest BCUT2D eigenvalue weighted by molar-refractivity contribution is 5.87. The molecule has 0 unspecified atom stereocenters. The van der Waals surface area contributed by atoms with Gasteiger partial charge in [0.1, 0.15) is 0 Å². The summed E-state index contributed by atoms with van der Waals surface area (Å²) < 4.78 is 0. The van der Waals surface area contributed by atoms with Crippen LogP contribution in [0.15, 0.2) is 84.0 Å². The second-order valence-corrected chi connectivity index (χ2v) is 12.8. The lowest BCUT2D eigenvalue weighted by Gasteiger charge is -2.58. The van der Waals surface area contributed by atoms with Crippen molar-refractivity contribution in [1.82, 2.24) is 5.32 Å². The van der Waals surface area contributed by atoms with E-state index in [2.05, 4.69) is 49.5 Å². The summed E-state index contributed by atoms with van der Waals surface area (Å²) in [5.74, 6) is -0.183. The molecule has 0 spiro atoms. The number of nitrogens with one attached hydrogen (secondary N) is 1. The molecule has 3 N–H and O–H groups in total. The lowest BCUT2D eigenvalue weighted by atomic mass is 9.47. The third kappa shape index (κ3) is 4.26. The van der Waals surface area contributed by atoms with Gasteiger partial charge in [0.25, 0.3) is 0 Å². The maximum atomic E-state index is 14.1. The molecule has 7 atom stereocenters. The minimum absolute atomic E-state index is 0.0771. The smallest absolute Gasteiger partial charge is 0.331 e. The topological polar surface area (TPSA) is 86.6 Å². The number of carbonyl (C=O) groups excluding carboxylic acids is 1. The van der Waals surface area contributed by atoms with Crippen LogP contribution in [-0.2, 0) is 9.59 Å². The van der Waals surface area contributed by atoms with Gasteiger partial charge in [0.05, 0.1) is 12.1 Å². The Morgan fingerprint density at radius 1 is 0.974 bits per heavy atom. The minimum Gasteiger partial charge on any atom is -0.478 e. The number of amides is 1. The molecular formula is C34H39NO4. The molecule has 4 aliphatic carbocycles. The molecule has 5 nitrogen and oxygen atoms in total. The predicted molar refractivity (Wildman–Crippen MR) is 151 cm³/mol. The summed E-state index contributed by atoms with van der Waals surface area (Å²) in [6, 6.07) is 20.0. The number of carboxylic acid groups (broad SMARTS) is 1. The zero-order valence-electron chi connectivity index (χ0n) is 22.8. The lowest BCUT2D eigenvalue weighted by Crippen LogP contribution is -2.56. The molecule has 0 heterocycles. The number of benzene rings is 2. The Kier molecular flexibility index (Phi) is 6.53. The Balaban J connectivity index is 1.28. The first-order valence-electron chi connectivity index (χ1n) is 14.5. The molecule has 2 aromatic rings. The summed E-state index contributed by atoms with van der Waals surface area (Å²) in [4.78, 5) is 25.7. The maximum Gasteiger partial charge on any atom is 0.331 e. The lowest BCUT2D eigenvalue weighted by molar-refractivity contribution is -0.141. The van der Waals surface area contributed by atoms with Gasteiger partial charge >= 0.3 is 5.97 Å². The Hall–Kier alpha value is -3.18. The van der Waals surface area contributed by atoms with Crippen molar-refractivity contribution in [3.63, 3.8) is 0 Å². The molecule has 5 heteroatoms. The number of hydrogen-bond acceptors (Lipinski definition) is 3. The largest absolute Gasteiger partial charge is 0.478 e. The molecule has 2 aromatic carbocycles. The van der Waals surface area contributed by atoms with E-state index in [-0.39, 0.29) is 34.6 Å². The Morgan fingerprint density at radius 2 is 1.62 bits per heavy atom. The Labute approximate surface area is 231 Å². The van der Waals surface area contributed by atoms with Crippen LogP contribution in [0, 0.1) is 34.5 Å². The molecule has 0 saturated heterocycles. The van der Waals surface area contributed by atoms with Crippen molar-refractivity contribution in [2.45, 2.75) is 64.5 Å². The van der Waals surface area contributed by atoms with E-state index in [4.69, 9.17) is 0 Å². The van der Waals surface area contributed by atoms with E-state index in [1.165, 1.54) is 0 Å². The second-order valence-electron chi connectivity index (χ2n) is 12.8. The van der Waals surface area contributed by atoms with Crippen LogP contribution in [0.1, 0.15) is 69.5 Å². The molecule has 39 heavy (non-hydrogen) atoms. The monoisotopic (exact) mass is 525 g/mol. The summed E-state index contributed by atoms with van der Waals surface area (Å²) >= 11 is 0. The van der Waals surface area contributed by atoms with Crippen LogP contribution >= 0.6 is 0 Å². The minimum atomic E-state index is -0.842. The molecular weight excluding hydrogens is 486 g/mol. The number of carboxylic acids is 1. The number of carbonyl (C=O) groups is 2. The van der Waals surface area contributed by atoms with Crippen molar-refractivity contribution in [1.29, 1.82) is 0 Å². The molecule has 2 saturated carbocycles. The molecule has 0 aromatic heterocycles. The van der Waals surface area contributed by atoms with Gasteiger partial charge in [0, 0.05) is 11.5 Å². The van der Waals surface area contributed by atoms with Crippen LogP contribution in [0.3, 0.4) is 0 Å². The standard InChI is InChI=1S/C34H39NO4/c1-33-18-17-23(32(38)39)19-24(33)13-14-25-26-15-16-27(34(26,2)20-28(36)29(25)33)31(37)35-30(21-9-5-3-6-10-21)22-11-7-4-8-12-22/h3-13,19,25-30,36H,14-18,20H2,1-2H3,(H,35,37)(H,38,39)/t25-,26-,27+,28-,29+,33-,34-/m0/s1. The van der Waals surface area contributed by atoms with Gasteiger partial charge in [0.15, 0.2) is 0 Å². The zero-order chi connectivity index (χ0) is 27.4. The van der Waals surface area contributed by atoms with E-state index in [9.17, 15) is 19.8 Å². The summed E-state index contributed by atoms with van der Waals surface area (Å²) in [5.41, 5.74) is 3.16. The zero-order valence-corrected chi connectivity index (χ0v) is 22.8. The van der Waals surface area contributed by atoms with E-state index < -0.39 is 12.1 Å². The van der Waals surface area contributed by atoms with E-state index >= 15 is 0 Å². The highest BCUT2D eigenvalue weighted by Gasteiger charge is 2.62. The van der Waals surface area contributed by atoms with Crippen LogP contribution in [0.25, 0.3) is 0 Å². The first-order valence-corrected chi connectivity index (χ1v) is 14.5. The second kappa shape index (κ2) is 9.78. The molecule has 4 aliphatic rings. The third-order valence-corrected chi connectivity index (χ3v) is 10.8. The van der Waals surface area contributed by atoms with Crippen LogP contribution in [-0.4, -0.2) is 28.2 Å². The molecule has 0 bridgehead atoms. The Bertz CT molecular complexity index is 1280. The van der Waals surface area contributed by atoms with Crippen molar-refractivity contribution in [2.75, 3.05) is 0 Å². The van der Waals surface area contributed by atoms with E-state index in [0.717, 1.165) is 42.4 Å². The van der Waals surface area contributed by atoms with Gasteiger partial charge in [-0.1, -0.05) is 80.6 Å². The SMILES string of the molecule is C[C@]12C[C@H](O)[C@H]3[C@@H](CC=C4C=C(C(=O)O)CC[C@@]43C)[C@@H]1CC[C@@H]2C(=O)NC(c1ccccc1)c1ccccc1. The van der Waals surface area contributed by atoms with Gasteiger partial charge in [-0.05, 0) is 89.9 Å². The normalized spacial score (nSPS) is 35.2. The van der Waals surface area contributed by atoms with Crippen molar-refractivity contribution in [3.8, 4) is 0 Å². The average molecular weight is 526 g/mol. The highest BCUT2D eigenvalue weighted by Crippen LogP contribution is 2.66. The number of aliphatic carboxylic acids is 1. The summed E-state index contributed by atoms with van der Waals surface area (Å²) in [6.07, 6.45) is 8.12. The fraction of sp³-hybridized carbons (Fsp3) is 0.471. The van der Waals surface area contributed by atoms with Crippen LogP contribution in [0.4, 0.5) is 0 Å².